The van der Waals surface area contributed by atoms with Crippen molar-refractivity contribution in [3.8, 4) is 11.5 Å². The zero-order chi connectivity index (χ0) is 19.9. The number of aliphatic imine (C=N–C) groups is 1. The van der Waals surface area contributed by atoms with Crippen LogP contribution in [0.1, 0.15) is 10.4 Å². The van der Waals surface area contributed by atoms with E-state index >= 15 is 0 Å². The molecule has 152 valence electrons. The van der Waals surface area contributed by atoms with Crippen LogP contribution in [0.15, 0.2) is 53.5 Å². The van der Waals surface area contributed by atoms with Crippen LogP contribution in [0.3, 0.4) is 0 Å². The van der Waals surface area contributed by atoms with Crippen LogP contribution < -0.4 is 21.1 Å². The highest BCUT2D eigenvalue weighted by Crippen LogP contribution is 2.29. The Labute approximate surface area is 175 Å². The van der Waals surface area contributed by atoms with Crippen LogP contribution in [0.2, 0.25) is 0 Å². The molecule has 0 heterocycles. The van der Waals surface area contributed by atoms with Crippen molar-refractivity contribution < 1.29 is 27.8 Å². The highest BCUT2D eigenvalue weighted by atomic mass is 127. The monoisotopic (exact) mass is 510 g/mol. The maximum Gasteiger partial charge on any atom is 0.573 e. The number of phenolic OH excluding ortho intramolecular Hbond substituents is 1. The Morgan fingerprint density at radius 2 is 1.79 bits per heavy atom. The molecule has 2 aromatic rings. The highest BCUT2D eigenvalue weighted by Gasteiger charge is 2.32. The molecular formula is C17H18F3IN4O3. The fourth-order valence-corrected chi connectivity index (χ4v) is 2.02. The summed E-state index contributed by atoms with van der Waals surface area (Å²) in [5.41, 5.74) is 6.01. The zero-order valence-corrected chi connectivity index (χ0v) is 16.7. The summed E-state index contributed by atoms with van der Waals surface area (Å²) in [6.07, 6.45) is -4.83. The summed E-state index contributed by atoms with van der Waals surface area (Å²) in [6, 6.07) is 11.1. The van der Waals surface area contributed by atoms with Gasteiger partial charge >= 0.3 is 6.36 Å². The Morgan fingerprint density at radius 1 is 1.14 bits per heavy atom. The number of aromatic hydroxyl groups is 1. The van der Waals surface area contributed by atoms with Gasteiger partial charge in [-0.05, 0) is 36.4 Å². The lowest BCUT2D eigenvalue weighted by atomic mass is 10.2. The number of nitrogens with two attached hydrogens (primary N) is 1. The van der Waals surface area contributed by atoms with E-state index in [9.17, 15) is 23.1 Å². The van der Waals surface area contributed by atoms with Crippen molar-refractivity contribution in [3.05, 3.63) is 54.1 Å². The number of carbonyl (C=O) groups excluding carboxylic acids is 1. The standard InChI is InChI=1S/C17H17F3N4O3.HI/c18-17(19,20)27-14-4-2-1-3-13(14)24-16(21)23-10-9-22-15(26)11-5-7-12(25)8-6-11;/h1-8,25H,9-10H2,(H,22,26)(H3,21,23,24);1H. The van der Waals surface area contributed by atoms with E-state index in [0.717, 1.165) is 6.07 Å². The van der Waals surface area contributed by atoms with Crippen LogP contribution in [0, 0.1) is 0 Å². The lowest BCUT2D eigenvalue weighted by Crippen LogP contribution is -2.28. The maximum atomic E-state index is 12.4. The number of anilines is 1. The van der Waals surface area contributed by atoms with Gasteiger partial charge in [-0.1, -0.05) is 12.1 Å². The first-order valence-corrected chi connectivity index (χ1v) is 7.73. The smallest absolute Gasteiger partial charge is 0.508 e. The topological polar surface area (TPSA) is 109 Å². The largest absolute Gasteiger partial charge is 0.573 e. The Bertz CT molecular complexity index is 814. The summed E-state index contributed by atoms with van der Waals surface area (Å²) in [5.74, 6) is -0.888. The molecule has 0 fully saturated rings. The molecule has 7 nitrogen and oxygen atoms in total. The van der Waals surface area contributed by atoms with Crippen molar-refractivity contribution in [2.24, 2.45) is 10.7 Å². The molecule has 0 saturated carbocycles. The average molecular weight is 510 g/mol. The summed E-state index contributed by atoms with van der Waals surface area (Å²) in [7, 11) is 0. The molecule has 0 atom stereocenters. The average Bonchev–Trinajstić information content (AvgIpc) is 2.59. The number of hydrogen-bond acceptors (Lipinski definition) is 4. The number of halogens is 4. The van der Waals surface area contributed by atoms with E-state index < -0.39 is 12.1 Å². The first-order valence-electron chi connectivity index (χ1n) is 7.73. The van der Waals surface area contributed by atoms with Gasteiger partial charge in [0, 0.05) is 12.1 Å². The second-order valence-electron chi connectivity index (χ2n) is 5.24. The lowest BCUT2D eigenvalue weighted by Gasteiger charge is -2.14. The number of guanidine groups is 1. The third kappa shape index (κ3) is 7.90. The summed E-state index contributed by atoms with van der Waals surface area (Å²) in [4.78, 5) is 15.8. The van der Waals surface area contributed by atoms with Crippen LogP contribution in [-0.4, -0.2) is 36.4 Å². The molecule has 0 aromatic heterocycles. The minimum Gasteiger partial charge on any atom is -0.508 e. The van der Waals surface area contributed by atoms with E-state index in [1.165, 1.54) is 42.5 Å². The number of nitrogens with zero attached hydrogens (tertiary/aromatic N) is 1. The molecule has 1 amide bonds. The number of rotatable bonds is 6. The van der Waals surface area contributed by atoms with Crippen LogP contribution in [0.5, 0.6) is 11.5 Å². The first kappa shape index (κ1) is 23.3. The molecule has 0 radical (unpaired) electrons. The third-order valence-corrected chi connectivity index (χ3v) is 3.18. The van der Waals surface area contributed by atoms with Gasteiger partial charge in [0.2, 0.25) is 0 Å². The second-order valence-corrected chi connectivity index (χ2v) is 5.24. The number of amides is 1. The SMILES string of the molecule is I.NC(=NCCNC(=O)c1ccc(O)cc1)Nc1ccccc1OC(F)(F)F. The van der Waals surface area contributed by atoms with Crippen molar-refractivity contribution in [2.45, 2.75) is 6.36 Å². The fraction of sp³-hybridized carbons (Fsp3) is 0.176. The summed E-state index contributed by atoms with van der Waals surface area (Å²) >= 11 is 0. The van der Waals surface area contributed by atoms with Crippen LogP contribution >= 0.6 is 24.0 Å². The highest BCUT2D eigenvalue weighted by molar-refractivity contribution is 14.0. The second kappa shape index (κ2) is 10.6. The predicted octanol–water partition coefficient (Wildman–Crippen LogP) is 3.07. The molecule has 0 saturated heterocycles. The minimum atomic E-state index is -4.83. The predicted molar refractivity (Wildman–Crippen MR) is 109 cm³/mol. The number of para-hydroxylation sites is 2. The molecule has 28 heavy (non-hydrogen) atoms. The van der Waals surface area contributed by atoms with E-state index in [2.05, 4.69) is 20.4 Å². The first-order chi connectivity index (χ1) is 12.7. The fourth-order valence-electron chi connectivity index (χ4n) is 2.02. The van der Waals surface area contributed by atoms with Crippen LogP contribution in [-0.2, 0) is 0 Å². The van der Waals surface area contributed by atoms with Gasteiger partial charge in [0.15, 0.2) is 11.7 Å². The Kier molecular flexibility index (Phi) is 8.82. The summed E-state index contributed by atoms with van der Waals surface area (Å²) in [6.45, 7) is 0.258. The van der Waals surface area contributed by atoms with Gasteiger partial charge in [0.25, 0.3) is 5.91 Å². The third-order valence-electron chi connectivity index (χ3n) is 3.18. The van der Waals surface area contributed by atoms with Crippen molar-refractivity contribution in [1.29, 1.82) is 0 Å². The van der Waals surface area contributed by atoms with E-state index in [4.69, 9.17) is 5.73 Å². The molecular weight excluding hydrogens is 492 g/mol. The number of ether oxygens (including phenoxy) is 1. The number of alkyl halides is 3. The van der Waals surface area contributed by atoms with Gasteiger partial charge in [0.1, 0.15) is 5.75 Å². The number of hydrogen-bond donors (Lipinski definition) is 4. The number of carbonyl (C=O) groups is 1. The molecule has 2 aromatic carbocycles. The molecule has 0 aliphatic heterocycles. The number of phenols is 1. The number of benzene rings is 2. The molecule has 0 bridgehead atoms. The Hall–Kier alpha value is -2.70. The van der Waals surface area contributed by atoms with Crippen molar-refractivity contribution >= 4 is 41.5 Å². The van der Waals surface area contributed by atoms with Crippen LogP contribution in [0.4, 0.5) is 18.9 Å². The Morgan fingerprint density at radius 3 is 2.43 bits per heavy atom. The maximum absolute atomic E-state index is 12.4. The van der Waals surface area contributed by atoms with Gasteiger partial charge in [0.05, 0.1) is 12.2 Å². The molecule has 0 spiro atoms. The van der Waals surface area contributed by atoms with E-state index in [1.54, 1.807) is 0 Å². The van der Waals surface area contributed by atoms with Gasteiger partial charge in [-0.3, -0.25) is 9.79 Å². The lowest BCUT2D eigenvalue weighted by molar-refractivity contribution is -0.274. The van der Waals surface area contributed by atoms with Crippen molar-refractivity contribution in [2.75, 3.05) is 18.4 Å². The van der Waals surface area contributed by atoms with Gasteiger partial charge in [-0.15, -0.1) is 37.1 Å². The molecule has 11 heteroatoms. The van der Waals surface area contributed by atoms with E-state index in [-0.39, 0.29) is 60.4 Å². The quantitative estimate of drug-likeness (QED) is 0.207. The van der Waals surface area contributed by atoms with Crippen LogP contribution in [0.25, 0.3) is 0 Å². The van der Waals surface area contributed by atoms with Gasteiger partial charge in [-0.25, -0.2) is 0 Å². The summed E-state index contributed by atoms with van der Waals surface area (Å²) in [5, 5.41) is 14.3. The Balaban J connectivity index is 0.00000392. The molecule has 0 unspecified atom stereocenters. The summed E-state index contributed by atoms with van der Waals surface area (Å²) < 4.78 is 41.0. The number of nitrogens with one attached hydrogen (secondary N) is 2. The van der Waals surface area contributed by atoms with Gasteiger partial charge < -0.3 is 26.2 Å². The minimum absolute atomic E-state index is 0. The van der Waals surface area contributed by atoms with Crippen molar-refractivity contribution in [3.63, 3.8) is 0 Å². The molecule has 0 aliphatic carbocycles. The zero-order valence-electron chi connectivity index (χ0n) is 14.4. The van der Waals surface area contributed by atoms with E-state index in [0.29, 0.717) is 5.56 Å². The molecule has 0 aliphatic rings. The van der Waals surface area contributed by atoms with Crippen molar-refractivity contribution in [1.82, 2.24) is 5.32 Å². The van der Waals surface area contributed by atoms with Gasteiger partial charge in [-0.2, -0.15) is 0 Å². The normalized spacial score (nSPS) is 11.3. The molecule has 2 rings (SSSR count). The van der Waals surface area contributed by atoms with E-state index in [1.807, 2.05) is 0 Å². The molecule has 5 N–H and O–H groups in total.